The molecule has 14 heavy (non-hydrogen) atoms. The molecule has 0 fully saturated rings. The molecule has 2 heteroatoms. The number of aromatic nitrogens is 2. The van der Waals surface area contributed by atoms with Gasteiger partial charge < -0.3 is 4.98 Å². The van der Waals surface area contributed by atoms with E-state index in [-0.39, 0.29) is 0 Å². The van der Waals surface area contributed by atoms with Gasteiger partial charge in [0.15, 0.2) is 0 Å². The summed E-state index contributed by atoms with van der Waals surface area (Å²) < 4.78 is 0. The van der Waals surface area contributed by atoms with E-state index in [4.69, 9.17) is 0 Å². The summed E-state index contributed by atoms with van der Waals surface area (Å²) in [6, 6.07) is 8.19. The molecule has 1 aromatic heterocycles. The summed E-state index contributed by atoms with van der Waals surface area (Å²) >= 11 is 0. The minimum absolute atomic E-state index is 0.972. The topological polar surface area (TPSA) is 28.7 Å². The Kier molecular flexibility index (Phi) is 2.19. The number of nitrogens with zero attached hydrogens (tertiary/aromatic N) is 1. The van der Waals surface area contributed by atoms with E-state index in [1.54, 1.807) is 12.5 Å². The number of aryl methyl sites for hydroxylation is 1. The van der Waals surface area contributed by atoms with Crippen molar-refractivity contribution in [2.45, 2.75) is 6.92 Å². The van der Waals surface area contributed by atoms with E-state index < -0.39 is 0 Å². The second kappa shape index (κ2) is 3.50. The first-order chi connectivity index (χ1) is 6.79. The lowest BCUT2D eigenvalue weighted by atomic mass is 10.0. The lowest BCUT2D eigenvalue weighted by molar-refractivity contribution is 1.29. The Balaban J connectivity index is 2.42. The molecule has 0 aliphatic rings. The van der Waals surface area contributed by atoms with E-state index in [9.17, 15) is 0 Å². The number of imidazole rings is 1. The van der Waals surface area contributed by atoms with Crippen LogP contribution in [0.1, 0.15) is 16.8 Å². The first kappa shape index (κ1) is 8.75. The molecule has 2 rings (SSSR count). The molecule has 0 spiro atoms. The van der Waals surface area contributed by atoms with Crippen molar-refractivity contribution in [1.82, 2.24) is 9.97 Å². The zero-order valence-electron chi connectivity index (χ0n) is 8.12. The van der Waals surface area contributed by atoms with Crippen molar-refractivity contribution in [3.63, 3.8) is 0 Å². The summed E-state index contributed by atoms with van der Waals surface area (Å²) in [5.41, 5.74) is 4.35. The molecule has 0 unspecified atom stereocenters. The average molecular weight is 184 g/mol. The summed E-state index contributed by atoms with van der Waals surface area (Å²) in [5, 5.41) is 0. The molecule has 0 bridgehead atoms. The fourth-order valence-electron chi connectivity index (χ4n) is 1.48. The normalized spacial score (nSPS) is 10.1. The number of rotatable bonds is 2. The van der Waals surface area contributed by atoms with Crippen molar-refractivity contribution >= 4 is 5.57 Å². The van der Waals surface area contributed by atoms with Crippen LogP contribution in [0.2, 0.25) is 0 Å². The van der Waals surface area contributed by atoms with Gasteiger partial charge in [0.25, 0.3) is 0 Å². The standard InChI is InChI=1S/C12H12N2/c1-9-5-3-4-6-11(9)10(2)12-7-13-8-14-12/h3-8H,2H2,1H3,(H,13,14). The first-order valence-electron chi connectivity index (χ1n) is 4.52. The lowest BCUT2D eigenvalue weighted by Gasteiger charge is -2.06. The zero-order valence-corrected chi connectivity index (χ0v) is 8.12. The van der Waals surface area contributed by atoms with Gasteiger partial charge >= 0.3 is 0 Å². The Bertz CT molecular complexity index is 441. The van der Waals surface area contributed by atoms with Gasteiger partial charge in [0.05, 0.1) is 18.2 Å². The van der Waals surface area contributed by atoms with Crippen LogP contribution in [-0.4, -0.2) is 9.97 Å². The van der Waals surface area contributed by atoms with Crippen molar-refractivity contribution in [3.8, 4) is 0 Å². The molecule has 2 nitrogen and oxygen atoms in total. The Morgan fingerprint density at radius 1 is 1.36 bits per heavy atom. The summed E-state index contributed by atoms with van der Waals surface area (Å²) in [4.78, 5) is 7.03. The van der Waals surface area contributed by atoms with Crippen LogP contribution >= 0.6 is 0 Å². The van der Waals surface area contributed by atoms with Crippen LogP contribution < -0.4 is 0 Å². The van der Waals surface area contributed by atoms with Crippen molar-refractivity contribution in [3.05, 3.63) is 60.2 Å². The molecule has 1 N–H and O–H groups in total. The number of benzene rings is 1. The first-order valence-corrected chi connectivity index (χ1v) is 4.52. The quantitative estimate of drug-likeness (QED) is 0.763. The van der Waals surface area contributed by atoms with Crippen LogP contribution in [0.4, 0.5) is 0 Å². The minimum atomic E-state index is 0.972. The van der Waals surface area contributed by atoms with Crippen LogP contribution in [0.3, 0.4) is 0 Å². The molecule has 1 heterocycles. The van der Waals surface area contributed by atoms with Gasteiger partial charge in [-0.15, -0.1) is 0 Å². The molecule has 2 aromatic rings. The van der Waals surface area contributed by atoms with E-state index in [1.807, 2.05) is 12.1 Å². The van der Waals surface area contributed by atoms with Crippen LogP contribution in [0.5, 0.6) is 0 Å². The third kappa shape index (κ3) is 1.46. The Morgan fingerprint density at radius 3 is 2.79 bits per heavy atom. The maximum atomic E-state index is 4.06. The predicted octanol–water partition coefficient (Wildman–Crippen LogP) is 2.78. The van der Waals surface area contributed by atoms with Gasteiger partial charge in [0.2, 0.25) is 0 Å². The lowest BCUT2D eigenvalue weighted by Crippen LogP contribution is -1.89. The maximum Gasteiger partial charge on any atom is 0.0924 e. The summed E-state index contributed by atoms with van der Waals surface area (Å²) in [6.07, 6.45) is 3.45. The van der Waals surface area contributed by atoms with Gasteiger partial charge in [0, 0.05) is 0 Å². The van der Waals surface area contributed by atoms with Crippen molar-refractivity contribution in [1.29, 1.82) is 0 Å². The number of hydrogen-bond donors (Lipinski definition) is 1. The highest BCUT2D eigenvalue weighted by atomic mass is 14.9. The number of H-pyrrole nitrogens is 1. The number of hydrogen-bond acceptors (Lipinski definition) is 1. The van der Waals surface area contributed by atoms with Gasteiger partial charge in [-0.25, -0.2) is 4.98 Å². The summed E-state index contributed by atoms with van der Waals surface area (Å²) in [6.45, 7) is 6.14. The van der Waals surface area contributed by atoms with E-state index in [2.05, 4.69) is 35.6 Å². The number of nitrogens with one attached hydrogen (secondary N) is 1. The van der Waals surface area contributed by atoms with Crippen LogP contribution in [0.15, 0.2) is 43.4 Å². The highest BCUT2D eigenvalue weighted by Gasteiger charge is 2.04. The molecule has 0 saturated heterocycles. The zero-order chi connectivity index (χ0) is 9.97. The van der Waals surface area contributed by atoms with Gasteiger partial charge in [-0.05, 0) is 23.6 Å². The largest absolute Gasteiger partial charge is 0.345 e. The molecule has 70 valence electrons. The highest BCUT2D eigenvalue weighted by molar-refractivity contribution is 5.77. The smallest absolute Gasteiger partial charge is 0.0924 e. The fraction of sp³-hybridized carbons (Fsp3) is 0.0833. The molecule has 0 amide bonds. The van der Waals surface area contributed by atoms with Gasteiger partial charge in [-0.3, -0.25) is 0 Å². The molecule has 0 atom stereocenters. The van der Waals surface area contributed by atoms with Crippen LogP contribution in [0, 0.1) is 6.92 Å². The van der Waals surface area contributed by atoms with E-state index in [0.717, 1.165) is 16.8 Å². The summed E-state index contributed by atoms with van der Waals surface area (Å²) in [5.74, 6) is 0. The van der Waals surface area contributed by atoms with E-state index >= 15 is 0 Å². The molecule has 0 radical (unpaired) electrons. The Labute approximate surface area is 83.3 Å². The monoisotopic (exact) mass is 184 g/mol. The Hall–Kier alpha value is -1.83. The van der Waals surface area contributed by atoms with E-state index in [1.165, 1.54) is 5.56 Å². The number of aromatic amines is 1. The summed E-state index contributed by atoms with van der Waals surface area (Å²) in [7, 11) is 0. The highest BCUT2D eigenvalue weighted by Crippen LogP contribution is 2.21. The van der Waals surface area contributed by atoms with Crippen molar-refractivity contribution in [2.75, 3.05) is 0 Å². The SMILES string of the molecule is C=C(c1cnc[nH]1)c1ccccc1C. The molecule has 0 saturated carbocycles. The fourth-order valence-corrected chi connectivity index (χ4v) is 1.48. The predicted molar refractivity (Wildman–Crippen MR) is 57.9 cm³/mol. The third-order valence-corrected chi connectivity index (χ3v) is 2.29. The Morgan fingerprint density at radius 2 is 2.14 bits per heavy atom. The molecular formula is C12H12N2. The minimum Gasteiger partial charge on any atom is -0.345 e. The second-order valence-electron chi connectivity index (χ2n) is 3.26. The van der Waals surface area contributed by atoms with Crippen molar-refractivity contribution in [2.24, 2.45) is 0 Å². The van der Waals surface area contributed by atoms with Gasteiger partial charge in [-0.2, -0.15) is 0 Å². The molecule has 1 aromatic carbocycles. The van der Waals surface area contributed by atoms with Crippen LogP contribution in [0.25, 0.3) is 5.57 Å². The second-order valence-corrected chi connectivity index (χ2v) is 3.26. The molecule has 0 aliphatic heterocycles. The average Bonchev–Trinajstić information content (AvgIpc) is 2.70. The van der Waals surface area contributed by atoms with Crippen molar-refractivity contribution < 1.29 is 0 Å². The van der Waals surface area contributed by atoms with Gasteiger partial charge in [-0.1, -0.05) is 30.8 Å². The molecular weight excluding hydrogens is 172 g/mol. The molecule has 0 aliphatic carbocycles. The maximum absolute atomic E-state index is 4.06. The van der Waals surface area contributed by atoms with E-state index in [0.29, 0.717) is 0 Å². The van der Waals surface area contributed by atoms with Crippen LogP contribution in [-0.2, 0) is 0 Å². The van der Waals surface area contributed by atoms with Gasteiger partial charge in [0.1, 0.15) is 0 Å². The third-order valence-electron chi connectivity index (χ3n) is 2.29.